The molecule has 1 rings (SSSR count). The molecule has 0 heterocycles. The van der Waals surface area contributed by atoms with E-state index in [1.165, 1.54) is 12.8 Å². The van der Waals surface area contributed by atoms with Crippen molar-refractivity contribution in [2.24, 2.45) is 11.8 Å². The molecule has 0 saturated heterocycles. The van der Waals surface area contributed by atoms with Gasteiger partial charge in [0.25, 0.3) is 0 Å². The van der Waals surface area contributed by atoms with E-state index < -0.39 is 0 Å². The summed E-state index contributed by atoms with van der Waals surface area (Å²) in [5.74, 6) is 1.01. The first kappa shape index (κ1) is 10.5. The summed E-state index contributed by atoms with van der Waals surface area (Å²) in [7, 11) is 0. The fourth-order valence-corrected chi connectivity index (χ4v) is 1.42. The quantitative estimate of drug-likeness (QED) is 0.605. The monoisotopic (exact) mass is 185 g/mol. The van der Waals surface area contributed by atoms with Gasteiger partial charge in [0.2, 0.25) is 5.91 Å². The number of carbonyl (C=O) groups is 1. The normalized spacial score (nSPS) is 18.3. The number of carbonyl (C=O) groups excluding carboxylic acids is 1. The average Bonchev–Trinajstić information content (AvgIpc) is 2.94. The topological polar surface area (TPSA) is 49.3 Å². The van der Waals surface area contributed by atoms with E-state index in [0.29, 0.717) is 12.5 Å². The van der Waals surface area contributed by atoms with Gasteiger partial charge in [0.15, 0.2) is 0 Å². The van der Waals surface area contributed by atoms with Crippen LogP contribution in [0.25, 0.3) is 0 Å². The van der Waals surface area contributed by atoms with Crippen LogP contribution in [0.15, 0.2) is 0 Å². The first-order chi connectivity index (χ1) is 6.25. The molecular weight excluding hydrogens is 166 g/mol. The van der Waals surface area contributed by atoms with E-state index in [2.05, 4.69) is 5.32 Å². The van der Waals surface area contributed by atoms with Crippen LogP contribution in [-0.4, -0.2) is 24.2 Å². The zero-order chi connectivity index (χ0) is 9.68. The fourth-order valence-electron chi connectivity index (χ4n) is 1.42. The van der Waals surface area contributed by atoms with E-state index in [-0.39, 0.29) is 18.4 Å². The molecule has 0 bridgehead atoms. The second-order valence-electron chi connectivity index (χ2n) is 3.85. The highest BCUT2D eigenvalue weighted by atomic mass is 16.2. The number of rotatable bonds is 6. The molecule has 1 saturated carbocycles. The maximum atomic E-state index is 11.4. The zero-order valence-electron chi connectivity index (χ0n) is 8.25. The summed E-state index contributed by atoms with van der Waals surface area (Å²) in [6, 6.07) is 0. The molecule has 0 aromatic rings. The van der Waals surface area contributed by atoms with Crippen LogP contribution < -0.4 is 5.32 Å². The second-order valence-corrected chi connectivity index (χ2v) is 3.85. The molecule has 1 atom stereocenters. The Morgan fingerprint density at radius 2 is 2.23 bits per heavy atom. The lowest BCUT2D eigenvalue weighted by Gasteiger charge is -2.10. The Morgan fingerprint density at radius 3 is 2.77 bits per heavy atom. The summed E-state index contributed by atoms with van der Waals surface area (Å²) >= 11 is 0. The van der Waals surface area contributed by atoms with Gasteiger partial charge in [-0.15, -0.1) is 0 Å². The van der Waals surface area contributed by atoms with Crippen LogP contribution in [0.2, 0.25) is 0 Å². The van der Waals surface area contributed by atoms with Crippen LogP contribution in [0.5, 0.6) is 0 Å². The molecular formula is C10H19NO2. The second kappa shape index (κ2) is 5.22. The Hall–Kier alpha value is -0.570. The third kappa shape index (κ3) is 3.77. The standard InChI is InChI=1S/C10H19NO2/c1-8(9-4-5-9)10(13)11-6-2-3-7-12/h8-9,12H,2-7H2,1H3,(H,11,13). The van der Waals surface area contributed by atoms with Crippen molar-refractivity contribution >= 4 is 5.91 Å². The zero-order valence-corrected chi connectivity index (χ0v) is 8.25. The maximum absolute atomic E-state index is 11.4. The van der Waals surface area contributed by atoms with Gasteiger partial charge < -0.3 is 10.4 Å². The van der Waals surface area contributed by atoms with Crippen molar-refractivity contribution in [3.8, 4) is 0 Å². The molecule has 2 N–H and O–H groups in total. The van der Waals surface area contributed by atoms with Gasteiger partial charge in [-0.25, -0.2) is 0 Å². The number of hydrogen-bond donors (Lipinski definition) is 2. The minimum Gasteiger partial charge on any atom is -0.396 e. The molecule has 13 heavy (non-hydrogen) atoms. The number of unbranched alkanes of at least 4 members (excludes halogenated alkanes) is 1. The molecule has 0 aromatic carbocycles. The molecule has 1 aliphatic carbocycles. The molecule has 1 fully saturated rings. The first-order valence-corrected chi connectivity index (χ1v) is 5.14. The van der Waals surface area contributed by atoms with Gasteiger partial charge in [-0.1, -0.05) is 6.92 Å². The number of nitrogens with one attached hydrogen (secondary N) is 1. The number of amides is 1. The molecule has 76 valence electrons. The summed E-state index contributed by atoms with van der Waals surface area (Å²) in [5, 5.41) is 11.4. The van der Waals surface area contributed by atoms with E-state index in [1.807, 2.05) is 6.92 Å². The Kier molecular flexibility index (Phi) is 4.22. The van der Waals surface area contributed by atoms with Crippen molar-refractivity contribution in [1.29, 1.82) is 0 Å². The fraction of sp³-hybridized carbons (Fsp3) is 0.900. The van der Waals surface area contributed by atoms with Gasteiger partial charge in [0, 0.05) is 19.1 Å². The summed E-state index contributed by atoms with van der Waals surface area (Å²) in [6.45, 7) is 2.92. The van der Waals surface area contributed by atoms with Gasteiger partial charge in [0.05, 0.1) is 0 Å². The third-order valence-corrected chi connectivity index (χ3v) is 2.63. The highest BCUT2D eigenvalue weighted by Gasteiger charge is 2.32. The maximum Gasteiger partial charge on any atom is 0.223 e. The van der Waals surface area contributed by atoms with E-state index in [4.69, 9.17) is 5.11 Å². The van der Waals surface area contributed by atoms with Crippen molar-refractivity contribution in [3.05, 3.63) is 0 Å². The summed E-state index contributed by atoms with van der Waals surface area (Å²) in [5.41, 5.74) is 0. The Bertz CT molecular complexity index is 166. The van der Waals surface area contributed by atoms with Gasteiger partial charge >= 0.3 is 0 Å². The van der Waals surface area contributed by atoms with Gasteiger partial charge in [-0.2, -0.15) is 0 Å². The average molecular weight is 185 g/mol. The van der Waals surface area contributed by atoms with Crippen molar-refractivity contribution in [1.82, 2.24) is 5.32 Å². The number of hydrogen-bond acceptors (Lipinski definition) is 2. The minimum atomic E-state index is 0.181. The Balaban J connectivity index is 2.02. The predicted molar refractivity (Wildman–Crippen MR) is 51.2 cm³/mol. The molecule has 0 aliphatic heterocycles. The first-order valence-electron chi connectivity index (χ1n) is 5.14. The highest BCUT2D eigenvalue weighted by molar-refractivity contribution is 5.78. The van der Waals surface area contributed by atoms with Crippen LogP contribution in [-0.2, 0) is 4.79 Å². The van der Waals surface area contributed by atoms with Gasteiger partial charge in [-0.05, 0) is 31.6 Å². The Morgan fingerprint density at radius 1 is 1.54 bits per heavy atom. The lowest BCUT2D eigenvalue weighted by molar-refractivity contribution is -0.125. The number of aliphatic hydroxyl groups is 1. The van der Waals surface area contributed by atoms with Gasteiger partial charge in [0.1, 0.15) is 0 Å². The molecule has 3 nitrogen and oxygen atoms in total. The van der Waals surface area contributed by atoms with E-state index >= 15 is 0 Å². The molecule has 0 aromatic heterocycles. The van der Waals surface area contributed by atoms with Crippen LogP contribution in [0, 0.1) is 11.8 Å². The van der Waals surface area contributed by atoms with E-state index in [0.717, 1.165) is 12.8 Å². The van der Waals surface area contributed by atoms with Crippen molar-refractivity contribution < 1.29 is 9.90 Å². The summed E-state index contributed by atoms with van der Waals surface area (Å²) in [6.07, 6.45) is 4.08. The van der Waals surface area contributed by atoms with Crippen molar-refractivity contribution in [2.45, 2.75) is 32.6 Å². The van der Waals surface area contributed by atoms with E-state index in [9.17, 15) is 4.79 Å². The van der Waals surface area contributed by atoms with Crippen LogP contribution in [0.3, 0.4) is 0 Å². The largest absolute Gasteiger partial charge is 0.396 e. The lowest BCUT2D eigenvalue weighted by Crippen LogP contribution is -2.31. The minimum absolute atomic E-state index is 0.181. The SMILES string of the molecule is CC(C(=O)NCCCCO)C1CC1. The van der Waals surface area contributed by atoms with Gasteiger partial charge in [-0.3, -0.25) is 4.79 Å². The predicted octanol–water partition coefficient (Wildman–Crippen LogP) is 0.921. The van der Waals surface area contributed by atoms with Crippen LogP contribution in [0.1, 0.15) is 32.6 Å². The van der Waals surface area contributed by atoms with Crippen LogP contribution in [0.4, 0.5) is 0 Å². The Labute approximate surface area is 79.5 Å². The lowest BCUT2D eigenvalue weighted by atomic mass is 10.1. The van der Waals surface area contributed by atoms with E-state index in [1.54, 1.807) is 0 Å². The smallest absolute Gasteiger partial charge is 0.223 e. The molecule has 1 aliphatic rings. The van der Waals surface area contributed by atoms with Crippen molar-refractivity contribution in [3.63, 3.8) is 0 Å². The highest BCUT2D eigenvalue weighted by Crippen LogP contribution is 2.36. The molecule has 0 spiro atoms. The molecule has 1 amide bonds. The van der Waals surface area contributed by atoms with Crippen LogP contribution >= 0.6 is 0 Å². The number of aliphatic hydroxyl groups excluding tert-OH is 1. The summed E-state index contributed by atoms with van der Waals surface area (Å²) < 4.78 is 0. The molecule has 0 radical (unpaired) electrons. The third-order valence-electron chi connectivity index (χ3n) is 2.63. The summed E-state index contributed by atoms with van der Waals surface area (Å²) in [4.78, 5) is 11.4. The van der Waals surface area contributed by atoms with Crippen molar-refractivity contribution in [2.75, 3.05) is 13.2 Å². The molecule has 3 heteroatoms. The molecule has 1 unspecified atom stereocenters.